The van der Waals surface area contributed by atoms with Gasteiger partial charge in [0.1, 0.15) is 11.6 Å². The standard InChI is InChI=1S/C9H7FO2/c10-7-1-2-9-6(3-7)4-8(5-11)12-9/h1-3,5,8H,4H2. The van der Waals surface area contributed by atoms with Gasteiger partial charge in [0, 0.05) is 12.0 Å². The number of hydrogen-bond acceptors (Lipinski definition) is 2. The van der Waals surface area contributed by atoms with Gasteiger partial charge in [0.2, 0.25) is 0 Å². The number of ether oxygens (including phenoxy) is 1. The summed E-state index contributed by atoms with van der Waals surface area (Å²) in [6, 6.07) is 4.28. The van der Waals surface area contributed by atoms with Crippen LogP contribution in [0.4, 0.5) is 4.39 Å². The Kier molecular flexibility index (Phi) is 1.57. The van der Waals surface area contributed by atoms with Gasteiger partial charge in [-0.05, 0) is 18.2 Å². The van der Waals surface area contributed by atoms with Crippen LogP contribution in [-0.2, 0) is 11.2 Å². The number of carbonyl (C=O) groups is 1. The number of fused-ring (bicyclic) bond motifs is 1. The number of halogens is 1. The quantitative estimate of drug-likeness (QED) is 0.588. The van der Waals surface area contributed by atoms with Crippen molar-refractivity contribution in [2.45, 2.75) is 12.5 Å². The highest BCUT2D eigenvalue weighted by Crippen LogP contribution is 2.28. The molecule has 1 aromatic carbocycles. The van der Waals surface area contributed by atoms with Gasteiger partial charge in [0.25, 0.3) is 0 Å². The maximum absolute atomic E-state index is 12.6. The lowest BCUT2D eigenvalue weighted by Crippen LogP contribution is -2.13. The van der Waals surface area contributed by atoms with E-state index in [1.807, 2.05) is 0 Å². The SMILES string of the molecule is O=CC1Cc2cc(F)ccc2O1. The fourth-order valence-corrected chi connectivity index (χ4v) is 1.32. The molecule has 0 saturated carbocycles. The zero-order valence-corrected chi connectivity index (χ0v) is 6.29. The van der Waals surface area contributed by atoms with Gasteiger partial charge in [-0.25, -0.2) is 4.39 Å². The third-order valence-electron chi connectivity index (χ3n) is 1.87. The van der Waals surface area contributed by atoms with Crippen molar-refractivity contribution in [3.05, 3.63) is 29.6 Å². The van der Waals surface area contributed by atoms with Crippen LogP contribution < -0.4 is 4.74 Å². The van der Waals surface area contributed by atoms with Gasteiger partial charge in [0.15, 0.2) is 12.4 Å². The van der Waals surface area contributed by atoms with Crippen LogP contribution >= 0.6 is 0 Å². The van der Waals surface area contributed by atoms with Crippen molar-refractivity contribution in [2.75, 3.05) is 0 Å². The van der Waals surface area contributed by atoms with Gasteiger partial charge in [-0.2, -0.15) is 0 Å². The lowest BCUT2D eigenvalue weighted by molar-refractivity contribution is -0.113. The Morgan fingerprint density at radius 1 is 1.58 bits per heavy atom. The van der Waals surface area contributed by atoms with Crippen LogP contribution in [0.5, 0.6) is 5.75 Å². The van der Waals surface area contributed by atoms with E-state index in [9.17, 15) is 9.18 Å². The van der Waals surface area contributed by atoms with E-state index in [0.717, 1.165) is 11.8 Å². The van der Waals surface area contributed by atoms with Gasteiger partial charge < -0.3 is 4.74 Å². The summed E-state index contributed by atoms with van der Waals surface area (Å²) in [5.74, 6) is 0.331. The van der Waals surface area contributed by atoms with Crippen molar-refractivity contribution in [3.63, 3.8) is 0 Å². The van der Waals surface area contributed by atoms with Crippen LogP contribution in [0.25, 0.3) is 0 Å². The van der Waals surface area contributed by atoms with Crippen molar-refractivity contribution >= 4 is 6.29 Å². The van der Waals surface area contributed by atoms with Crippen LogP contribution in [0.3, 0.4) is 0 Å². The summed E-state index contributed by atoms with van der Waals surface area (Å²) in [5.41, 5.74) is 0.770. The Labute approximate surface area is 69.0 Å². The molecule has 62 valence electrons. The van der Waals surface area contributed by atoms with Crippen LogP contribution in [0, 0.1) is 5.82 Å². The number of hydrogen-bond donors (Lipinski definition) is 0. The summed E-state index contributed by atoms with van der Waals surface area (Å²) >= 11 is 0. The predicted molar refractivity (Wildman–Crippen MR) is 40.6 cm³/mol. The van der Waals surface area contributed by atoms with Crippen molar-refractivity contribution < 1.29 is 13.9 Å². The first-order valence-electron chi connectivity index (χ1n) is 3.70. The molecule has 1 aliphatic rings. The van der Waals surface area contributed by atoms with Gasteiger partial charge in [-0.15, -0.1) is 0 Å². The molecule has 1 heterocycles. The topological polar surface area (TPSA) is 26.3 Å². The van der Waals surface area contributed by atoms with Gasteiger partial charge in [-0.1, -0.05) is 0 Å². The normalized spacial score (nSPS) is 19.9. The highest BCUT2D eigenvalue weighted by Gasteiger charge is 2.21. The fraction of sp³-hybridized carbons (Fsp3) is 0.222. The van der Waals surface area contributed by atoms with E-state index in [1.54, 1.807) is 6.07 Å². The Morgan fingerprint density at radius 2 is 2.42 bits per heavy atom. The molecule has 0 fully saturated rings. The van der Waals surface area contributed by atoms with E-state index in [4.69, 9.17) is 4.74 Å². The zero-order valence-electron chi connectivity index (χ0n) is 6.29. The molecule has 1 atom stereocenters. The molecule has 0 aliphatic carbocycles. The minimum Gasteiger partial charge on any atom is -0.482 e. The monoisotopic (exact) mass is 166 g/mol. The molecule has 2 rings (SSSR count). The molecule has 0 aromatic heterocycles. The summed E-state index contributed by atoms with van der Waals surface area (Å²) in [5, 5.41) is 0. The first-order valence-corrected chi connectivity index (χ1v) is 3.70. The molecule has 2 nitrogen and oxygen atoms in total. The molecule has 0 N–H and O–H groups in total. The maximum Gasteiger partial charge on any atom is 0.160 e. The molecule has 0 radical (unpaired) electrons. The van der Waals surface area contributed by atoms with E-state index in [1.165, 1.54) is 12.1 Å². The first kappa shape index (κ1) is 7.28. The molecule has 0 saturated heterocycles. The molecule has 0 spiro atoms. The first-order chi connectivity index (χ1) is 5.79. The lowest BCUT2D eigenvalue weighted by Gasteiger charge is -1.99. The molecule has 0 amide bonds. The van der Waals surface area contributed by atoms with Gasteiger partial charge in [0.05, 0.1) is 0 Å². The lowest BCUT2D eigenvalue weighted by atomic mass is 10.1. The second kappa shape index (κ2) is 2.59. The Hall–Kier alpha value is -1.38. The maximum atomic E-state index is 12.6. The average Bonchev–Trinajstić information content (AvgIpc) is 2.46. The van der Waals surface area contributed by atoms with Crippen molar-refractivity contribution in [1.82, 2.24) is 0 Å². The van der Waals surface area contributed by atoms with Crippen LogP contribution in [0.1, 0.15) is 5.56 Å². The van der Waals surface area contributed by atoms with Crippen molar-refractivity contribution in [1.29, 1.82) is 0 Å². The minimum atomic E-state index is -0.429. The Balaban J connectivity index is 2.35. The molecular formula is C9H7FO2. The zero-order chi connectivity index (χ0) is 8.55. The van der Waals surface area contributed by atoms with Crippen LogP contribution in [0.2, 0.25) is 0 Å². The predicted octanol–water partition coefficient (Wildman–Crippen LogP) is 1.33. The Morgan fingerprint density at radius 3 is 3.17 bits per heavy atom. The van der Waals surface area contributed by atoms with Crippen LogP contribution in [-0.4, -0.2) is 12.4 Å². The van der Waals surface area contributed by atoms with Gasteiger partial charge in [-0.3, -0.25) is 4.79 Å². The van der Waals surface area contributed by atoms with E-state index in [-0.39, 0.29) is 5.82 Å². The average molecular weight is 166 g/mol. The third-order valence-corrected chi connectivity index (χ3v) is 1.87. The molecule has 0 bridgehead atoms. The largest absolute Gasteiger partial charge is 0.482 e. The summed E-state index contributed by atoms with van der Waals surface area (Å²) in [4.78, 5) is 10.3. The van der Waals surface area contributed by atoms with E-state index in [0.29, 0.717) is 12.2 Å². The Bertz CT molecular complexity index is 322. The van der Waals surface area contributed by atoms with E-state index in [2.05, 4.69) is 0 Å². The highest BCUT2D eigenvalue weighted by molar-refractivity contribution is 5.60. The van der Waals surface area contributed by atoms with Crippen LogP contribution in [0.15, 0.2) is 18.2 Å². The van der Waals surface area contributed by atoms with Crippen molar-refractivity contribution in [2.24, 2.45) is 0 Å². The molecule has 3 heteroatoms. The summed E-state index contributed by atoms with van der Waals surface area (Å²) in [7, 11) is 0. The van der Waals surface area contributed by atoms with Gasteiger partial charge >= 0.3 is 0 Å². The number of aldehydes is 1. The molecule has 1 aromatic rings. The number of rotatable bonds is 1. The second-order valence-corrected chi connectivity index (χ2v) is 2.75. The number of benzene rings is 1. The summed E-state index contributed by atoms with van der Waals surface area (Å²) in [6.07, 6.45) is 0.788. The van der Waals surface area contributed by atoms with E-state index < -0.39 is 6.10 Å². The summed E-state index contributed by atoms with van der Waals surface area (Å²) < 4.78 is 17.8. The molecule has 1 unspecified atom stereocenters. The molecular weight excluding hydrogens is 159 g/mol. The second-order valence-electron chi connectivity index (χ2n) is 2.75. The number of carbonyl (C=O) groups excluding carboxylic acids is 1. The smallest absolute Gasteiger partial charge is 0.160 e. The minimum absolute atomic E-state index is 0.288. The molecule has 12 heavy (non-hydrogen) atoms. The molecule has 1 aliphatic heterocycles. The fourth-order valence-electron chi connectivity index (χ4n) is 1.32. The highest BCUT2D eigenvalue weighted by atomic mass is 19.1. The van der Waals surface area contributed by atoms with Crippen molar-refractivity contribution in [3.8, 4) is 5.75 Å². The van der Waals surface area contributed by atoms with E-state index >= 15 is 0 Å². The third kappa shape index (κ3) is 1.07. The summed E-state index contributed by atoms with van der Waals surface area (Å²) in [6.45, 7) is 0.